The van der Waals surface area contributed by atoms with Crippen LogP contribution in [0.5, 0.6) is 0 Å². The average molecular weight is 510 g/mol. The second-order valence-electron chi connectivity index (χ2n) is 10.6. The maximum absolute atomic E-state index is 2.38. The molecule has 0 bridgehead atoms. The van der Waals surface area contributed by atoms with Gasteiger partial charge in [0.15, 0.2) is 0 Å². The Bertz CT molecular complexity index is 2020. The van der Waals surface area contributed by atoms with E-state index in [9.17, 15) is 0 Å². The SMILES string of the molecule is c1ccc(-c2ccc3c(ccc4cc(N(c5ccccc5)c5ccc6c(c5)Cc5ccccc5-6)ccc43)c2)cc1. The molecule has 1 aliphatic rings. The fourth-order valence-corrected chi connectivity index (χ4v) is 6.30. The van der Waals surface area contributed by atoms with Crippen molar-refractivity contribution in [2.24, 2.45) is 0 Å². The first-order chi connectivity index (χ1) is 19.8. The Morgan fingerprint density at radius 3 is 1.82 bits per heavy atom. The molecule has 40 heavy (non-hydrogen) atoms. The molecule has 1 aliphatic carbocycles. The molecule has 188 valence electrons. The summed E-state index contributed by atoms with van der Waals surface area (Å²) in [5.74, 6) is 0. The van der Waals surface area contributed by atoms with Crippen LogP contribution in [0.25, 0.3) is 43.8 Å². The van der Waals surface area contributed by atoms with Gasteiger partial charge in [0.25, 0.3) is 0 Å². The summed E-state index contributed by atoms with van der Waals surface area (Å²) in [6, 6.07) is 55.2. The van der Waals surface area contributed by atoms with Gasteiger partial charge < -0.3 is 4.90 Å². The fraction of sp³-hybridized carbons (Fsp3) is 0.0256. The first kappa shape index (κ1) is 22.8. The van der Waals surface area contributed by atoms with E-state index in [2.05, 4.69) is 157 Å². The lowest BCUT2D eigenvalue weighted by Crippen LogP contribution is -2.10. The van der Waals surface area contributed by atoms with Crippen molar-refractivity contribution in [3.05, 3.63) is 163 Å². The van der Waals surface area contributed by atoms with Gasteiger partial charge in [0.1, 0.15) is 0 Å². The topological polar surface area (TPSA) is 3.24 Å². The second kappa shape index (κ2) is 9.25. The number of hydrogen-bond acceptors (Lipinski definition) is 1. The Morgan fingerprint density at radius 2 is 1.00 bits per heavy atom. The van der Waals surface area contributed by atoms with Gasteiger partial charge in [-0.2, -0.15) is 0 Å². The third-order valence-corrected chi connectivity index (χ3v) is 8.23. The van der Waals surface area contributed by atoms with Crippen LogP contribution in [0.3, 0.4) is 0 Å². The van der Waals surface area contributed by atoms with Crippen molar-refractivity contribution in [3.8, 4) is 22.3 Å². The molecule has 1 nitrogen and oxygen atoms in total. The molecule has 7 aromatic rings. The van der Waals surface area contributed by atoms with Crippen LogP contribution >= 0.6 is 0 Å². The minimum atomic E-state index is 0.983. The Labute approximate surface area is 234 Å². The Balaban J connectivity index is 1.24. The summed E-state index contributed by atoms with van der Waals surface area (Å²) in [7, 11) is 0. The Morgan fingerprint density at radius 1 is 0.375 bits per heavy atom. The molecule has 0 aromatic heterocycles. The van der Waals surface area contributed by atoms with Gasteiger partial charge in [-0.05, 0) is 104 Å². The monoisotopic (exact) mass is 509 g/mol. The molecule has 0 saturated carbocycles. The summed E-state index contributed by atoms with van der Waals surface area (Å²) < 4.78 is 0. The standard InChI is InChI=1S/C39H27N/c1-3-9-27(10-4-1)28-17-20-37-30(23-28)15-16-31-25-34(18-21-38(31)37)40(33-12-5-2-6-13-33)35-19-22-39-32(26-35)24-29-11-7-8-14-36(29)39/h1-23,25-26H,24H2. The normalized spacial score (nSPS) is 11.9. The molecule has 0 unspecified atom stereocenters. The smallest absolute Gasteiger partial charge is 0.0468 e. The number of nitrogens with zero attached hydrogens (tertiary/aromatic N) is 1. The molecule has 0 spiro atoms. The number of anilines is 3. The van der Waals surface area contributed by atoms with Gasteiger partial charge >= 0.3 is 0 Å². The molecule has 1 heteroatoms. The van der Waals surface area contributed by atoms with Crippen molar-refractivity contribution < 1.29 is 0 Å². The molecule has 0 saturated heterocycles. The maximum atomic E-state index is 2.38. The number of rotatable bonds is 4. The highest BCUT2D eigenvalue weighted by Crippen LogP contribution is 2.42. The van der Waals surface area contributed by atoms with Crippen LogP contribution in [0.2, 0.25) is 0 Å². The van der Waals surface area contributed by atoms with Gasteiger partial charge in [-0.1, -0.05) is 109 Å². The molecule has 7 aromatic carbocycles. The van der Waals surface area contributed by atoms with Gasteiger partial charge in [0.05, 0.1) is 0 Å². The predicted octanol–water partition coefficient (Wildman–Crippen LogP) is 10.7. The summed E-state index contributed by atoms with van der Waals surface area (Å²) in [5.41, 5.74) is 11.5. The van der Waals surface area contributed by atoms with Crippen molar-refractivity contribution >= 4 is 38.6 Å². The molecule has 0 heterocycles. The van der Waals surface area contributed by atoms with Crippen LogP contribution < -0.4 is 4.90 Å². The Kier molecular flexibility index (Phi) is 5.28. The minimum absolute atomic E-state index is 0.983. The summed E-state index contributed by atoms with van der Waals surface area (Å²) in [6.07, 6.45) is 0.983. The van der Waals surface area contributed by atoms with E-state index in [4.69, 9.17) is 0 Å². The van der Waals surface area contributed by atoms with E-state index in [1.54, 1.807) is 0 Å². The van der Waals surface area contributed by atoms with Gasteiger partial charge in [0.2, 0.25) is 0 Å². The van der Waals surface area contributed by atoms with E-state index in [0.717, 1.165) is 17.8 Å². The fourth-order valence-electron chi connectivity index (χ4n) is 6.30. The van der Waals surface area contributed by atoms with Crippen LogP contribution in [0.15, 0.2) is 152 Å². The first-order valence-corrected chi connectivity index (χ1v) is 13.9. The molecule has 0 amide bonds. The summed E-state index contributed by atoms with van der Waals surface area (Å²) in [5, 5.41) is 5.07. The molecule has 0 N–H and O–H groups in total. The Hall–Kier alpha value is -5.14. The lowest BCUT2D eigenvalue weighted by molar-refractivity contribution is 1.23. The third-order valence-electron chi connectivity index (χ3n) is 8.23. The third kappa shape index (κ3) is 3.79. The minimum Gasteiger partial charge on any atom is -0.310 e. The van der Waals surface area contributed by atoms with Gasteiger partial charge in [-0.15, -0.1) is 0 Å². The quantitative estimate of drug-likeness (QED) is 0.213. The van der Waals surface area contributed by atoms with E-state index >= 15 is 0 Å². The first-order valence-electron chi connectivity index (χ1n) is 13.9. The predicted molar refractivity (Wildman–Crippen MR) is 170 cm³/mol. The molecular formula is C39H27N. The molecule has 0 radical (unpaired) electrons. The van der Waals surface area contributed by atoms with Crippen molar-refractivity contribution in [1.82, 2.24) is 0 Å². The second-order valence-corrected chi connectivity index (χ2v) is 10.6. The summed E-state index contributed by atoms with van der Waals surface area (Å²) in [4.78, 5) is 2.38. The van der Waals surface area contributed by atoms with Crippen LogP contribution in [0, 0.1) is 0 Å². The van der Waals surface area contributed by atoms with Gasteiger partial charge in [-0.3, -0.25) is 0 Å². The highest BCUT2D eigenvalue weighted by Gasteiger charge is 2.21. The summed E-state index contributed by atoms with van der Waals surface area (Å²) in [6.45, 7) is 0. The van der Waals surface area contributed by atoms with E-state index in [1.807, 2.05) is 0 Å². The zero-order valence-corrected chi connectivity index (χ0v) is 22.1. The number of para-hydroxylation sites is 1. The van der Waals surface area contributed by atoms with Crippen molar-refractivity contribution in [2.75, 3.05) is 4.90 Å². The molecular weight excluding hydrogens is 482 g/mol. The zero-order chi connectivity index (χ0) is 26.5. The molecule has 0 fully saturated rings. The van der Waals surface area contributed by atoms with Crippen molar-refractivity contribution in [2.45, 2.75) is 6.42 Å². The number of hydrogen-bond donors (Lipinski definition) is 0. The average Bonchev–Trinajstić information content (AvgIpc) is 3.40. The van der Waals surface area contributed by atoms with Crippen LogP contribution in [0.4, 0.5) is 17.1 Å². The lowest BCUT2D eigenvalue weighted by atomic mass is 9.97. The highest BCUT2D eigenvalue weighted by atomic mass is 15.1. The molecule has 0 aliphatic heterocycles. The number of benzene rings is 7. The van der Waals surface area contributed by atoms with Gasteiger partial charge in [-0.25, -0.2) is 0 Å². The zero-order valence-electron chi connectivity index (χ0n) is 22.1. The molecule has 8 rings (SSSR count). The van der Waals surface area contributed by atoms with Crippen LogP contribution in [0.1, 0.15) is 11.1 Å². The van der Waals surface area contributed by atoms with E-state index < -0.39 is 0 Å². The summed E-state index contributed by atoms with van der Waals surface area (Å²) >= 11 is 0. The van der Waals surface area contributed by atoms with Crippen molar-refractivity contribution in [1.29, 1.82) is 0 Å². The molecule has 0 atom stereocenters. The largest absolute Gasteiger partial charge is 0.310 e. The number of fused-ring (bicyclic) bond motifs is 6. The van der Waals surface area contributed by atoms with Crippen molar-refractivity contribution in [3.63, 3.8) is 0 Å². The van der Waals surface area contributed by atoms with Crippen LogP contribution in [-0.4, -0.2) is 0 Å². The van der Waals surface area contributed by atoms with Crippen LogP contribution in [-0.2, 0) is 6.42 Å². The highest BCUT2D eigenvalue weighted by molar-refractivity contribution is 6.09. The maximum Gasteiger partial charge on any atom is 0.0468 e. The van der Waals surface area contributed by atoms with E-state index in [-0.39, 0.29) is 0 Å². The van der Waals surface area contributed by atoms with Gasteiger partial charge in [0, 0.05) is 17.1 Å². The lowest BCUT2D eigenvalue weighted by Gasteiger charge is -2.26. The van der Waals surface area contributed by atoms with E-state index in [1.165, 1.54) is 60.6 Å². The van der Waals surface area contributed by atoms with E-state index in [0.29, 0.717) is 0 Å².